The highest BCUT2D eigenvalue weighted by Crippen LogP contribution is 2.48. The smallest absolute Gasteiger partial charge is 0.231 e. The first-order chi connectivity index (χ1) is 15.2. The molecule has 0 saturated carbocycles. The number of para-hydroxylation sites is 1. The molecule has 0 amide bonds. The SMILES string of the molecule is COc1ccc2c(c1)SC(c1ccc3c(c1)OCO3)CCN2Cc1ccccc1OC. The molecule has 0 N–H and O–H groups in total. The molecule has 160 valence electrons. The van der Waals surface area contributed by atoms with Crippen LogP contribution in [0, 0.1) is 0 Å². The number of thioether (sulfide) groups is 1. The van der Waals surface area contributed by atoms with Crippen LogP contribution in [0.15, 0.2) is 65.6 Å². The minimum atomic E-state index is 0.295. The molecule has 31 heavy (non-hydrogen) atoms. The van der Waals surface area contributed by atoms with E-state index in [2.05, 4.69) is 41.3 Å². The first-order valence-electron chi connectivity index (χ1n) is 10.4. The van der Waals surface area contributed by atoms with E-state index < -0.39 is 0 Å². The molecule has 0 fully saturated rings. The van der Waals surface area contributed by atoms with Gasteiger partial charge in [-0.1, -0.05) is 24.3 Å². The van der Waals surface area contributed by atoms with Crippen LogP contribution in [0.1, 0.15) is 22.8 Å². The van der Waals surface area contributed by atoms with E-state index in [1.807, 2.05) is 36.0 Å². The summed E-state index contributed by atoms with van der Waals surface area (Å²) >= 11 is 1.88. The Bertz CT molecular complexity index is 1090. The molecule has 0 spiro atoms. The summed E-state index contributed by atoms with van der Waals surface area (Å²) < 4.78 is 22.2. The monoisotopic (exact) mass is 435 g/mol. The molecule has 0 radical (unpaired) electrons. The largest absolute Gasteiger partial charge is 0.497 e. The fourth-order valence-corrected chi connectivity index (χ4v) is 5.45. The Kier molecular flexibility index (Phi) is 5.55. The van der Waals surface area contributed by atoms with Gasteiger partial charge in [-0.05, 0) is 48.4 Å². The van der Waals surface area contributed by atoms with Crippen LogP contribution in [-0.4, -0.2) is 27.6 Å². The second kappa shape index (κ2) is 8.63. The zero-order chi connectivity index (χ0) is 21.2. The molecule has 0 aliphatic carbocycles. The number of hydrogen-bond acceptors (Lipinski definition) is 6. The fourth-order valence-electron chi connectivity index (χ4n) is 4.13. The highest BCUT2D eigenvalue weighted by Gasteiger charge is 2.26. The number of fused-ring (bicyclic) bond motifs is 2. The van der Waals surface area contributed by atoms with Crippen molar-refractivity contribution in [2.24, 2.45) is 0 Å². The molecule has 3 aromatic carbocycles. The Hall–Kier alpha value is -2.99. The predicted octanol–water partition coefficient (Wildman–Crippen LogP) is 5.68. The van der Waals surface area contributed by atoms with Gasteiger partial charge < -0.3 is 23.8 Å². The summed E-state index contributed by atoms with van der Waals surface area (Å²) in [5.74, 6) is 3.44. The normalized spacial score (nSPS) is 17.1. The van der Waals surface area contributed by atoms with E-state index in [4.69, 9.17) is 18.9 Å². The van der Waals surface area contributed by atoms with Crippen LogP contribution in [0.5, 0.6) is 23.0 Å². The summed E-state index contributed by atoms with van der Waals surface area (Å²) in [5, 5.41) is 0.308. The van der Waals surface area contributed by atoms with Gasteiger partial charge in [0, 0.05) is 28.8 Å². The molecule has 6 heteroatoms. The second-order valence-electron chi connectivity index (χ2n) is 7.57. The van der Waals surface area contributed by atoms with Crippen LogP contribution in [-0.2, 0) is 6.54 Å². The Balaban J connectivity index is 1.48. The Labute approximate surface area is 186 Å². The number of ether oxygens (including phenoxy) is 4. The maximum absolute atomic E-state index is 5.62. The lowest BCUT2D eigenvalue weighted by molar-refractivity contribution is 0.174. The van der Waals surface area contributed by atoms with Crippen LogP contribution in [0.4, 0.5) is 5.69 Å². The van der Waals surface area contributed by atoms with Gasteiger partial charge in [0.05, 0.1) is 19.9 Å². The third kappa shape index (κ3) is 4.00. The lowest BCUT2D eigenvalue weighted by atomic mass is 10.1. The second-order valence-corrected chi connectivity index (χ2v) is 8.82. The Morgan fingerprint density at radius 3 is 2.71 bits per heavy atom. The van der Waals surface area contributed by atoms with Crippen molar-refractivity contribution in [2.75, 3.05) is 32.5 Å². The Morgan fingerprint density at radius 2 is 1.84 bits per heavy atom. The van der Waals surface area contributed by atoms with Crippen molar-refractivity contribution in [3.05, 3.63) is 71.8 Å². The van der Waals surface area contributed by atoms with Crippen LogP contribution >= 0.6 is 11.8 Å². The van der Waals surface area contributed by atoms with Crippen LogP contribution in [0.3, 0.4) is 0 Å². The van der Waals surface area contributed by atoms with Crippen LogP contribution < -0.4 is 23.8 Å². The van der Waals surface area contributed by atoms with Gasteiger partial charge in [0.25, 0.3) is 0 Å². The summed E-state index contributed by atoms with van der Waals surface area (Å²) in [6.45, 7) is 2.02. The van der Waals surface area contributed by atoms with Crippen molar-refractivity contribution in [1.29, 1.82) is 0 Å². The van der Waals surface area contributed by atoms with Crippen LogP contribution in [0.2, 0.25) is 0 Å². The van der Waals surface area contributed by atoms with E-state index in [-0.39, 0.29) is 0 Å². The molecule has 2 aliphatic rings. The third-order valence-electron chi connectivity index (χ3n) is 5.76. The lowest BCUT2D eigenvalue weighted by Crippen LogP contribution is -2.24. The molecule has 3 aromatic rings. The number of methoxy groups -OCH3 is 2. The predicted molar refractivity (Wildman–Crippen MR) is 123 cm³/mol. The van der Waals surface area contributed by atoms with E-state index in [1.54, 1.807) is 14.2 Å². The van der Waals surface area contributed by atoms with Gasteiger partial charge in [-0.25, -0.2) is 0 Å². The average Bonchev–Trinajstić information content (AvgIpc) is 3.21. The number of anilines is 1. The summed E-state index contributed by atoms with van der Waals surface area (Å²) in [7, 11) is 3.44. The lowest BCUT2D eigenvalue weighted by Gasteiger charge is -2.25. The number of nitrogens with zero attached hydrogens (tertiary/aromatic N) is 1. The van der Waals surface area contributed by atoms with Gasteiger partial charge in [-0.2, -0.15) is 0 Å². The highest BCUT2D eigenvalue weighted by molar-refractivity contribution is 7.99. The minimum absolute atomic E-state index is 0.295. The molecular weight excluding hydrogens is 410 g/mol. The van der Waals surface area contributed by atoms with Gasteiger partial charge >= 0.3 is 0 Å². The van der Waals surface area contributed by atoms with Crippen molar-refractivity contribution in [3.63, 3.8) is 0 Å². The quantitative estimate of drug-likeness (QED) is 0.514. The Morgan fingerprint density at radius 1 is 0.968 bits per heavy atom. The zero-order valence-corrected chi connectivity index (χ0v) is 18.5. The molecule has 5 rings (SSSR count). The zero-order valence-electron chi connectivity index (χ0n) is 17.7. The third-order valence-corrected chi connectivity index (χ3v) is 7.13. The van der Waals surface area contributed by atoms with Gasteiger partial charge in [0.1, 0.15) is 11.5 Å². The summed E-state index contributed by atoms with van der Waals surface area (Å²) in [6, 6.07) is 20.9. The van der Waals surface area contributed by atoms with Crippen molar-refractivity contribution >= 4 is 17.4 Å². The molecule has 5 nitrogen and oxygen atoms in total. The number of benzene rings is 3. The molecule has 0 saturated heterocycles. The van der Waals surface area contributed by atoms with Crippen molar-refractivity contribution in [2.45, 2.75) is 23.1 Å². The molecule has 1 atom stereocenters. The van der Waals surface area contributed by atoms with Gasteiger partial charge in [-0.15, -0.1) is 11.8 Å². The molecule has 2 heterocycles. The topological polar surface area (TPSA) is 40.2 Å². The molecule has 1 unspecified atom stereocenters. The van der Waals surface area contributed by atoms with E-state index in [0.29, 0.717) is 12.0 Å². The number of rotatable bonds is 5. The van der Waals surface area contributed by atoms with E-state index in [9.17, 15) is 0 Å². The van der Waals surface area contributed by atoms with Gasteiger partial charge in [-0.3, -0.25) is 0 Å². The first-order valence-corrected chi connectivity index (χ1v) is 11.2. The molecule has 0 aromatic heterocycles. The van der Waals surface area contributed by atoms with Gasteiger partial charge in [0.15, 0.2) is 11.5 Å². The molecule has 2 aliphatic heterocycles. The fraction of sp³-hybridized carbons (Fsp3) is 0.280. The minimum Gasteiger partial charge on any atom is -0.497 e. The van der Waals surface area contributed by atoms with Crippen molar-refractivity contribution < 1.29 is 18.9 Å². The van der Waals surface area contributed by atoms with Crippen molar-refractivity contribution in [1.82, 2.24) is 0 Å². The standard InChI is InChI=1S/C25H25NO4S/c1-27-19-8-9-20-25(14-19)31-24(17-7-10-22-23(13-17)30-16-29-22)11-12-26(20)15-18-5-3-4-6-21(18)28-2/h3-10,13-14,24H,11-12,15-16H2,1-2H3. The number of hydrogen-bond donors (Lipinski definition) is 0. The van der Waals surface area contributed by atoms with E-state index in [0.717, 1.165) is 42.5 Å². The average molecular weight is 436 g/mol. The maximum atomic E-state index is 5.62. The van der Waals surface area contributed by atoms with Gasteiger partial charge in [0.2, 0.25) is 6.79 Å². The first kappa shape index (κ1) is 19.9. The summed E-state index contributed by atoms with van der Waals surface area (Å²) in [6.07, 6.45) is 1.01. The van der Waals surface area contributed by atoms with Crippen molar-refractivity contribution in [3.8, 4) is 23.0 Å². The molecule has 0 bridgehead atoms. The van der Waals surface area contributed by atoms with E-state index >= 15 is 0 Å². The van der Waals surface area contributed by atoms with Crippen LogP contribution in [0.25, 0.3) is 0 Å². The summed E-state index contributed by atoms with van der Waals surface area (Å²) in [4.78, 5) is 3.65. The van der Waals surface area contributed by atoms with E-state index in [1.165, 1.54) is 21.7 Å². The molecular formula is C25H25NO4S. The summed E-state index contributed by atoms with van der Waals surface area (Å²) in [5.41, 5.74) is 3.65. The maximum Gasteiger partial charge on any atom is 0.231 e. The highest BCUT2D eigenvalue weighted by atomic mass is 32.2.